The van der Waals surface area contributed by atoms with Gasteiger partial charge < -0.3 is 4.57 Å². The van der Waals surface area contributed by atoms with Crippen LogP contribution in [0.2, 0.25) is 0 Å². The molecule has 3 rings (SSSR count). The van der Waals surface area contributed by atoms with Gasteiger partial charge in [0.05, 0.1) is 23.0 Å². The summed E-state index contributed by atoms with van der Waals surface area (Å²) in [5, 5.41) is 2.98. The first kappa shape index (κ1) is 13.5. The van der Waals surface area contributed by atoms with E-state index >= 15 is 0 Å². The zero-order valence-electron chi connectivity index (χ0n) is 11.1. The first-order chi connectivity index (χ1) is 9.60. The van der Waals surface area contributed by atoms with Gasteiger partial charge in [0, 0.05) is 11.1 Å². The molecule has 0 radical (unpaired) electrons. The summed E-state index contributed by atoms with van der Waals surface area (Å²) in [4.78, 5) is 8.97. The molecule has 0 saturated carbocycles. The Bertz CT molecular complexity index is 765. The first-order valence-electron chi connectivity index (χ1n) is 6.24. The van der Waals surface area contributed by atoms with E-state index < -0.39 is 0 Å². The molecule has 1 atom stereocenters. The molecular weight excluding hydrogens is 297 g/mol. The standard InChI is InChI=1S/C14H13ClFN3S/c1-8-7-20-14(17-8)9(2)19-12-5-10(16)3-4-11(12)18-13(19)6-15/h3-5,7,9H,6H2,1-2H3. The summed E-state index contributed by atoms with van der Waals surface area (Å²) in [5.41, 5.74) is 2.49. The molecule has 3 aromatic rings. The van der Waals surface area contributed by atoms with Crippen LogP contribution in [-0.2, 0) is 5.88 Å². The van der Waals surface area contributed by atoms with Crippen LogP contribution in [0.3, 0.4) is 0 Å². The third-order valence-electron chi connectivity index (χ3n) is 3.23. The molecular formula is C14H13ClFN3S. The number of benzene rings is 1. The lowest BCUT2D eigenvalue weighted by atomic mass is 10.2. The van der Waals surface area contributed by atoms with Gasteiger partial charge in [0.15, 0.2) is 0 Å². The molecule has 3 nitrogen and oxygen atoms in total. The fraction of sp³-hybridized carbons (Fsp3) is 0.286. The van der Waals surface area contributed by atoms with E-state index in [9.17, 15) is 4.39 Å². The van der Waals surface area contributed by atoms with Crippen molar-refractivity contribution in [2.75, 3.05) is 0 Å². The predicted octanol–water partition coefficient (Wildman–Crippen LogP) is 4.29. The van der Waals surface area contributed by atoms with Gasteiger partial charge in [-0.1, -0.05) is 0 Å². The Morgan fingerprint density at radius 1 is 1.40 bits per heavy atom. The summed E-state index contributed by atoms with van der Waals surface area (Å²) in [6.45, 7) is 3.99. The molecule has 0 aliphatic carbocycles. The van der Waals surface area contributed by atoms with Gasteiger partial charge in [0.1, 0.15) is 16.6 Å². The monoisotopic (exact) mass is 309 g/mol. The Morgan fingerprint density at radius 3 is 2.85 bits per heavy atom. The molecule has 0 N–H and O–H groups in total. The van der Waals surface area contributed by atoms with Gasteiger partial charge in [-0.3, -0.25) is 0 Å². The predicted molar refractivity (Wildman–Crippen MR) is 79.9 cm³/mol. The number of nitrogens with zero attached hydrogens (tertiary/aromatic N) is 3. The lowest BCUT2D eigenvalue weighted by Crippen LogP contribution is -2.09. The number of imidazole rings is 1. The minimum Gasteiger partial charge on any atom is -0.317 e. The van der Waals surface area contributed by atoms with E-state index in [0.29, 0.717) is 0 Å². The Kier molecular flexibility index (Phi) is 3.48. The summed E-state index contributed by atoms with van der Waals surface area (Å²) >= 11 is 7.58. The summed E-state index contributed by atoms with van der Waals surface area (Å²) in [5.74, 6) is 0.736. The number of fused-ring (bicyclic) bond motifs is 1. The van der Waals surface area contributed by atoms with Crippen LogP contribution in [0, 0.1) is 12.7 Å². The van der Waals surface area contributed by atoms with Gasteiger partial charge >= 0.3 is 0 Å². The summed E-state index contributed by atoms with van der Waals surface area (Å²) in [7, 11) is 0. The highest BCUT2D eigenvalue weighted by Crippen LogP contribution is 2.29. The van der Waals surface area contributed by atoms with E-state index in [-0.39, 0.29) is 17.7 Å². The maximum atomic E-state index is 13.5. The molecule has 1 unspecified atom stereocenters. The summed E-state index contributed by atoms with van der Waals surface area (Å²) in [6.07, 6.45) is 0. The van der Waals surface area contributed by atoms with Crippen molar-refractivity contribution in [1.29, 1.82) is 0 Å². The molecule has 0 amide bonds. The average Bonchev–Trinajstić information content (AvgIpc) is 3.01. The fourth-order valence-corrected chi connectivity index (χ4v) is 3.35. The number of aromatic nitrogens is 3. The van der Waals surface area contributed by atoms with Crippen LogP contribution >= 0.6 is 22.9 Å². The fourth-order valence-electron chi connectivity index (χ4n) is 2.32. The molecule has 0 aliphatic rings. The quantitative estimate of drug-likeness (QED) is 0.676. The second kappa shape index (κ2) is 5.14. The Balaban J connectivity index is 2.20. The van der Waals surface area contributed by atoms with E-state index in [1.165, 1.54) is 12.1 Å². The summed E-state index contributed by atoms with van der Waals surface area (Å²) < 4.78 is 15.5. The van der Waals surface area contributed by atoms with E-state index in [1.54, 1.807) is 17.4 Å². The van der Waals surface area contributed by atoms with Crippen molar-refractivity contribution in [2.24, 2.45) is 0 Å². The molecule has 0 aliphatic heterocycles. The number of thiazole rings is 1. The van der Waals surface area contributed by atoms with Gasteiger partial charge in [-0.2, -0.15) is 0 Å². The zero-order valence-corrected chi connectivity index (χ0v) is 12.7. The molecule has 6 heteroatoms. The van der Waals surface area contributed by atoms with E-state index in [0.717, 1.165) is 27.6 Å². The van der Waals surface area contributed by atoms with Crippen molar-refractivity contribution >= 4 is 34.0 Å². The third kappa shape index (κ3) is 2.21. The lowest BCUT2D eigenvalue weighted by molar-refractivity contribution is 0.615. The maximum Gasteiger partial charge on any atom is 0.125 e. The Hall–Kier alpha value is -1.46. The van der Waals surface area contributed by atoms with Crippen molar-refractivity contribution in [3.05, 3.63) is 45.9 Å². The highest BCUT2D eigenvalue weighted by Gasteiger charge is 2.19. The normalized spacial score (nSPS) is 13.0. The van der Waals surface area contributed by atoms with E-state index in [1.807, 2.05) is 23.8 Å². The molecule has 0 fully saturated rings. The highest BCUT2D eigenvalue weighted by molar-refractivity contribution is 7.09. The number of alkyl halides is 1. The molecule has 104 valence electrons. The van der Waals surface area contributed by atoms with Crippen molar-refractivity contribution < 1.29 is 4.39 Å². The highest BCUT2D eigenvalue weighted by atomic mass is 35.5. The second-order valence-electron chi connectivity index (χ2n) is 4.67. The molecule has 2 aromatic heterocycles. The lowest BCUT2D eigenvalue weighted by Gasteiger charge is -2.14. The van der Waals surface area contributed by atoms with Crippen molar-refractivity contribution in [3.63, 3.8) is 0 Å². The Labute approximate surface area is 125 Å². The SMILES string of the molecule is Cc1csc(C(C)n2c(CCl)nc3ccc(F)cc32)n1. The topological polar surface area (TPSA) is 30.7 Å². The van der Waals surface area contributed by atoms with Gasteiger partial charge in [-0.25, -0.2) is 14.4 Å². The van der Waals surface area contributed by atoms with Crippen LogP contribution in [0.5, 0.6) is 0 Å². The molecule has 0 saturated heterocycles. The number of rotatable bonds is 3. The van der Waals surface area contributed by atoms with Crippen LogP contribution in [0.25, 0.3) is 11.0 Å². The largest absolute Gasteiger partial charge is 0.317 e. The number of halogens is 2. The maximum absolute atomic E-state index is 13.5. The van der Waals surface area contributed by atoms with Gasteiger partial charge in [0.25, 0.3) is 0 Å². The molecule has 0 spiro atoms. The molecule has 20 heavy (non-hydrogen) atoms. The number of hydrogen-bond donors (Lipinski definition) is 0. The van der Waals surface area contributed by atoms with Crippen molar-refractivity contribution in [3.8, 4) is 0 Å². The van der Waals surface area contributed by atoms with Crippen LogP contribution < -0.4 is 0 Å². The van der Waals surface area contributed by atoms with Crippen LogP contribution in [0.4, 0.5) is 4.39 Å². The van der Waals surface area contributed by atoms with Crippen LogP contribution in [0.1, 0.15) is 29.5 Å². The minimum atomic E-state index is -0.276. The second-order valence-corrected chi connectivity index (χ2v) is 5.82. The van der Waals surface area contributed by atoms with Crippen molar-refractivity contribution in [2.45, 2.75) is 25.8 Å². The molecule has 2 heterocycles. The zero-order chi connectivity index (χ0) is 14.3. The van der Waals surface area contributed by atoms with Crippen LogP contribution in [-0.4, -0.2) is 14.5 Å². The van der Waals surface area contributed by atoms with Gasteiger partial charge in [-0.05, 0) is 32.0 Å². The van der Waals surface area contributed by atoms with Gasteiger partial charge in [-0.15, -0.1) is 22.9 Å². The average molecular weight is 310 g/mol. The van der Waals surface area contributed by atoms with Crippen molar-refractivity contribution in [1.82, 2.24) is 14.5 Å². The smallest absolute Gasteiger partial charge is 0.125 e. The van der Waals surface area contributed by atoms with E-state index in [4.69, 9.17) is 11.6 Å². The first-order valence-corrected chi connectivity index (χ1v) is 7.66. The Morgan fingerprint density at radius 2 is 2.20 bits per heavy atom. The molecule has 1 aromatic carbocycles. The minimum absolute atomic E-state index is 0.0192. The van der Waals surface area contributed by atoms with Crippen LogP contribution in [0.15, 0.2) is 23.6 Å². The third-order valence-corrected chi connectivity index (χ3v) is 4.60. The van der Waals surface area contributed by atoms with Gasteiger partial charge in [0.2, 0.25) is 0 Å². The number of aryl methyl sites for hydroxylation is 1. The summed E-state index contributed by atoms with van der Waals surface area (Å²) in [6, 6.07) is 4.57. The van der Waals surface area contributed by atoms with E-state index in [2.05, 4.69) is 9.97 Å². The molecule has 0 bridgehead atoms. The number of hydrogen-bond acceptors (Lipinski definition) is 3.